The monoisotopic (exact) mass is 398 g/mol. The molecule has 29 heavy (non-hydrogen) atoms. The Morgan fingerprint density at radius 2 is 1.21 bits per heavy atom. The summed E-state index contributed by atoms with van der Waals surface area (Å²) >= 11 is 0. The minimum absolute atomic E-state index is 0.0330. The maximum absolute atomic E-state index is 12.2. The first-order chi connectivity index (χ1) is 13.6. The van der Waals surface area contributed by atoms with Gasteiger partial charge in [-0.1, -0.05) is 77.1 Å². The average Bonchev–Trinajstić information content (AvgIpc) is 2.72. The zero-order chi connectivity index (χ0) is 22.1. The average molecular weight is 399 g/mol. The molecular formula is C25H34O4. The molecule has 0 N–H and O–H groups in total. The van der Waals surface area contributed by atoms with Crippen molar-refractivity contribution in [1.29, 1.82) is 0 Å². The van der Waals surface area contributed by atoms with Crippen molar-refractivity contribution in [2.75, 3.05) is 13.2 Å². The van der Waals surface area contributed by atoms with Gasteiger partial charge in [-0.15, -0.1) is 0 Å². The summed E-state index contributed by atoms with van der Waals surface area (Å²) in [5.74, 6) is -0.723. The van der Waals surface area contributed by atoms with Gasteiger partial charge in [0.1, 0.15) is 13.2 Å². The van der Waals surface area contributed by atoms with Gasteiger partial charge in [-0.3, -0.25) is 4.79 Å². The van der Waals surface area contributed by atoms with Crippen LogP contribution in [0.15, 0.2) is 54.6 Å². The van der Waals surface area contributed by atoms with E-state index in [-0.39, 0.29) is 24.6 Å². The number of esters is 2. The van der Waals surface area contributed by atoms with Crippen molar-refractivity contribution in [3.63, 3.8) is 0 Å². The summed E-state index contributed by atoms with van der Waals surface area (Å²) in [6.07, 6.45) is 0. The highest BCUT2D eigenvalue weighted by molar-refractivity contribution is 5.90. The van der Waals surface area contributed by atoms with Gasteiger partial charge in [-0.05, 0) is 42.5 Å². The van der Waals surface area contributed by atoms with Crippen LogP contribution in [0.2, 0.25) is 0 Å². The molecule has 0 atom stereocenters. The highest BCUT2D eigenvalue weighted by Gasteiger charge is 2.41. The van der Waals surface area contributed by atoms with E-state index in [1.807, 2.05) is 90.9 Å². The topological polar surface area (TPSA) is 52.6 Å². The molecule has 2 aromatic rings. The van der Waals surface area contributed by atoms with Crippen LogP contribution >= 0.6 is 0 Å². The Labute approximate surface area is 175 Å². The molecule has 0 saturated heterocycles. The largest absolute Gasteiger partial charge is 0.462 e. The first kappa shape index (κ1) is 24.4. The normalized spacial score (nSPS) is 11.1. The van der Waals surface area contributed by atoms with Gasteiger partial charge in [0.05, 0.1) is 11.0 Å². The van der Waals surface area contributed by atoms with Crippen molar-refractivity contribution >= 4 is 11.9 Å². The molecule has 0 heterocycles. The van der Waals surface area contributed by atoms with E-state index in [0.29, 0.717) is 5.56 Å². The van der Waals surface area contributed by atoms with E-state index < -0.39 is 11.4 Å². The van der Waals surface area contributed by atoms with Crippen molar-refractivity contribution in [2.24, 2.45) is 10.8 Å². The molecule has 0 aliphatic carbocycles. The van der Waals surface area contributed by atoms with Crippen molar-refractivity contribution in [1.82, 2.24) is 0 Å². The SMILES string of the molecule is CC.CC(C)(C)C(C)(C)C(=O)OCCOC(=O)c1ccc(-c2ccccc2)cc1. The zero-order valence-corrected chi connectivity index (χ0v) is 18.7. The smallest absolute Gasteiger partial charge is 0.338 e. The van der Waals surface area contributed by atoms with Gasteiger partial charge >= 0.3 is 11.9 Å². The first-order valence-electron chi connectivity index (χ1n) is 10.1. The van der Waals surface area contributed by atoms with Gasteiger partial charge in [-0.25, -0.2) is 4.79 Å². The molecule has 0 radical (unpaired) electrons. The van der Waals surface area contributed by atoms with Crippen LogP contribution < -0.4 is 0 Å². The molecule has 4 nitrogen and oxygen atoms in total. The molecule has 0 saturated carbocycles. The van der Waals surface area contributed by atoms with Gasteiger partial charge < -0.3 is 9.47 Å². The number of ether oxygens (including phenoxy) is 2. The van der Waals surface area contributed by atoms with Crippen LogP contribution in [-0.4, -0.2) is 25.2 Å². The molecule has 0 bridgehead atoms. The molecule has 4 heteroatoms. The van der Waals surface area contributed by atoms with Crippen molar-refractivity contribution in [3.8, 4) is 11.1 Å². The predicted octanol–water partition coefficient (Wildman–Crippen LogP) is 6.15. The maximum Gasteiger partial charge on any atom is 0.338 e. The molecule has 0 aliphatic heterocycles. The molecule has 0 unspecified atom stereocenters. The second-order valence-corrected chi connectivity index (χ2v) is 8.09. The van der Waals surface area contributed by atoms with Crippen LogP contribution in [0.25, 0.3) is 11.1 Å². The Balaban J connectivity index is 0.00000204. The maximum atomic E-state index is 12.2. The van der Waals surface area contributed by atoms with Crippen molar-refractivity contribution in [3.05, 3.63) is 60.2 Å². The van der Waals surface area contributed by atoms with Gasteiger partial charge in [-0.2, -0.15) is 0 Å². The molecule has 0 aromatic heterocycles. The lowest BCUT2D eigenvalue weighted by Gasteiger charge is -2.36. The summed E-state index contributed by atoms with van der Waals surface area (Å²) < 4.78 is 10.5. The van der Waals surface area contributed by atoms with E-state index in [1.54, 1.807) is 12.1 Å². The Kier molecular flexibility index (Phi) is 9.09. The number of hydrogen-bond donors (Lipinski definition) is 0. The third kappa shape index (κ3) is 6.74. The van der Waals surface area contributed by atoms with Crippen LogP contribution in [0.5, 0.6) is 0 Å². The summed E-state index contributed by atoms with van der Waals surface area (Å²) in [6, 6.07) is 17.2. The second-order valence-electron chi connectivity index (χ2n) is 8.09. The number of carbonyl (C=O) groups excluding carboxylic acids is 2. The highest BCUT2D eigenvalue weighted by atomic mass is 16.6. The number of carbonyl (C=O) groups is 2. The Morgan fingerprint density at radius 3 is 1.72 bits per heavy atom. The predicted molar refractivity (Wildman–Crippen MR) is 118 cm³/mol. The summed E-state index contributed by atoms with van der Waals surface area (Å²) in [7, 11) is 0. The fourth-order valence-electron chi connectivity index (χ4n) is 2.27. The quantitative estimate of drug-likeness (QED) is 0.432. The van der Waals surface area contributed by atoms with Crippen LogP contribution in [0.4, 0.5) is 0 Å². The number of rotatable bonds is 6. The molecule has 0 spiro atoms. The summed E-state index contributed by atoms with van der Waals surface area (Å²) in [6.45, 7) is 13.8. The van der Waals surface area contributed by atoms with Gasteiger partial charge in [0, 0.05) is 0 Å². The zero-order valence-electron chi connectivity index (χ0n) is 18.7. The van der Waals surface area contributed by atoms with E-state index in [4.69, 9.17) is 9.47 Å². The van der Waals surface area contributed by atoms with Crippen LogP contribution in [-0.2, 0) is 14.3 Å². The van der Waals surface area contributed by atoms with E-state index in [1.165, 1.54) is 0 Å². The van der Waals surface area contributed by atoms with Crippen molar-refractivity contribution in [2.45, 2.75) is 48.5 Å². The fraction of sp³-hybridized carbons (Fsp3) is 0.440. The van der Waals surface area contributed by atoms with Crippen LogP contribution in [0.1, 0.15) is 58.8 Å². The Bertz CT molecular complexity index is 769. The lowest BCUT2D eigenvalue weighted by Crippen LogP contribution is -2.39. The van der Waals surface area contributed by atoms with E-state index in [9.17, 15) is 9.59 Å². The molecule has 0 amide bonds. The van der Waals surface area contributed by atoms with E-state index in [2.05, 4.69) is 0 Å². The van der Waals surface area contributed by atoms with Gasteiger partial charge in [0.25, 0.3) is 0 Å². The molecular weight excluding hydrogens is 364 g/mol. The number of benzene rings is 2. The first-order valence-corrected chi connectivity index (χ1v) is 10.1. The molecule has 2 rings (SSSR count). The lowest BCUT2D eigenvalue weighted by atomic mass is 9.69. The third-order valence-corrected chi connectivity index (χ3v) is 5.16. The summed E-state index contributed by atoms with van der Waals surface area (Å²) in [5.41, 5.74) is 1.75. The molecule has 0 aliphatic rings. The second kappa shape index (κ2) is 10.8. The molecule has 0 fully saturated rings. The summed E-state index contributed by atoms with van der Waals surface area (Å²) in [5, 5.41) is 0. The lowest BCUT2D eigenvalue weighted by molar-refractivity contribution is -0.161. The molecule has 158 valence electrons. The van der Waals surface area contributed by atoms with E-state index >= 15 is 0 Å². The van der Waals surface area contributed by atoms with Gasteiger partial charge in [0.2, 0.25) is 0 Å². The minimum atomic E-state index is -0.621. The summed E-state index contributed by atoms with van der Waals surface area (Å²) in [4.78, 5) is 24.4. The van der Waals surface area contributed by atoms with Gasteiger partial charge in [0.15, 0.2) is 0 Å². The van der Waals surface area contributed by atoms with Crippen molar-refractivity contribution < 1.29 is 19.1 Å². The Morgan fingerprint density at radius 1 is 0.724 bits per heavy atom. The van der Waals surface area contributed by atoms with E-state index in [0.717, 1.165) is 11.1 Å². The standard InChI is InChI=1S/C23H28O4.C2H6/c1-22(2,3)23(4,5)21(25)27-16-15-26-20(24)19-13-11-18(12-14-19)17-9-7-6-8-10-17;1-2/h6-14H,15-16H2,1-5H3;1-2H3. The van der Waals surface area contributed by atoms with Crippen LogP contribution in [0.3, 0.4) is 0 Å². The number of hydrogen-bond acceptors (Lipinski definition) is 4. The fourth-order valence-corrected chi connectivity index (χ4v) is 2.27. The minimum Gasteiger partial charge on any atom is -0.462 e. The third-order valence-electron chi connectivity index (χ3n) is 5.16. The highest BCUT2D eigenvalue weighted by Crippen LogP contribution is 2.38. The Hall–Kier alpha value is -2.62. The van der Waals surface area contributed by atoms with Crippen LogP contribution in [0, 0.1) is 10.8 Å². The molecule has 2 aromatic carbocycles.